The van der Waals surface area contributed by atoms with Crippen molar-refractivity contribution < 1.29 is 9.90 Å². The number of thiazole rings is 1. The summed E-state index contributed by atoms with van der Waals surface area (Å²) in [6.45, 7) is 1.98. The highest BCUT2D eigenvalue weighted by Gasteiger charge is 2.36. The van der Waals surface area contributed by atoms with Crippen molar-refractivity contribution in [2.24, 2.45) is 5.92 Å². The fourth-order valence-electron chi connectivity index (χ4n) is 1.63. The van der Waals surface area contributed by atoms with Crippen molar-refractivity contribution >= 4 is 17.3 Å². The number of nitrogens with one attached hydrogen (secondary N) is 1. The summed E-state index contributed by atoms with van der Waals surface area (Å²) in [7, 11) is 0. The van der Waals surface area contributed by atoms with E-state index < -0.39 is 12.0 Å². The predicted molar refractivity (Wildman–Crippen MR) is 57.8 cm³/mol. The molecule has 0 amide bonds. The molecule has 0 bridgehead atoms. The molecule has 0 radical (unpaired) electrons. The molecule has 1 aliphatic carbocycles. The number of nitrogens with zero attached hydrogens (tertiary/aromatic N) is 1. The molecule has 2 unspecified atom stereocenters. The maximum atomic E-state index is 11.0. The molecule has 15 heavy (non-hydrogen) atoms. The van der Waals surface area contributed by atoms with Crippen LogP contribution in [-0.2, 0) is 4.79 Å². The highest BCUT2D eigenvalue weighted by Crippen LogP contribution is 2.34. The lowest BCUT2D eigenvalue weighted by atomic mass is 10.1. The van der Waals surface area contributed by atoms with Crippen LogP contribution in [0.15, 0.2) is 11.7 Å². The van der Waals surface area contributed by atoms with Crippen LogP contribution in [0, 0.1) is 5.92 Å². The zero-order valence-electron chi connectivity index (χ0n) is 8.51. The Hall–Kier alpha value is -0.940. The molecular weight excluding hydrogens is 212 g/mol. The Kier molecular flexibility index (Phi) is 3.02. The van der Waals surface area contributed by atoms with Crippen LogP contribution in [0.4, 0.5) is 0 Å². The number of rotatable bonds is 5. The van der Waals surface area contributed by atoms with Crippen LogP contribution in [0.3, 0.4) is 0 Å². The number of carbonyl (C=O) groups is 1. The number of aromatic nitrogens is 1. The van der Waals surface area contributed by atoms with Crippen LogP contribution in [0.2, 0.25) is 0 Å². The lowest BCUT2D eigenvalue weighted by Gasteiger charge is -2.18. The molecule has 1 aromatic heterocycles. The zero-order valence-corrected chi connectivity index (χ0v) is 9.33. The minimum atomic E-state index is -0.742. The second-order valence-electron chi connectivity index (χ2n) is 3.95. The van der Waals surface area contributed by atoms with Gasteiger partial charge in [0.1, 0.15) is 6.04 Å². The first kappa shape index (κ1) is 10.6. The van der Waals surface area contributed by atoms with Gasteiger partial charge in [0.2, 0.25) is 0 Å². The van der Waals surface area contributed by atoms with E-state index in [4.69, 9.17) is 5.11 Å². The Bertz CT molecular complexity index is 335. The minimum Gasteiger partial charge on any atom is -0.480 e. The third kappa shape index (κ3) is 2.54. The van der Waals surface area contributed by atoms with Gasteiger partial charge in [0, 0.05) is 17.1 Å². The van der Waals surface area contributed by atoms with Crippen molar-refractivity contribution in [3.63, 3.8) is 0 Å². The molecule has 1 aliphatic rings. The SMILES string of the molecule is CC(NC(C(=O)O)C1CC1)c1cncs1. The van der Waals surface area contributed by atoms with Gasteiger partial charge < -0.3 is 5.11 Å². The van der Waals surface area contributed by atoms with E-state index in [0.29, 0.717) is 5.92 Å². The van der Waals surface area contributed by atoms with Gasteiger partial charge in [-0.2, -0.15) is 0 Å². The molecule has 0 aromatic carbocycles. The van der Waals surface area contributed by atoms with E-state index in [1.54, 1.807) is 23.0 Å². The summed E-state index contributed by atoms with van der Waals surface area (Å²) in [4.78, 5) is 16.1. The smallest absolute Gasteiger partial charge is 0.321 e. The lowest BCUT2D eigenvalue weighted by Crippen LogP contribution is -2.39. The van der Waals surface area contributed by atoms with E-state index in [1.807, 2.05) is 6.92 Å². The van der Waals surface area contributed by atoms with Crippen molar-refractivity contribution in [1.82, 2.24) is 10.3 Å². The van der Waals surface area contributed by atoms with Crippen LogP contribution in [-0.4, -0.2) is 22.1 Å². The van der Waals surface area contributed by atoms with Crippen LogP contribution in [0.25, 0.3) is 0 Å². The third-order valence-corrected chi connectivity index (χ3v) is 3.63. The molecule has 0 saturated heterocycles. The molecule has 0 aliphatic heterocycles. The van der Waals surface area contributed by atoms with Gasteiger partial charge in [-0.3, -0.25) is 15.1 Å². The zero-order chi connectivity index (χ0) is 10.8. The van der Waals surface area contributed by atoms with Gasteiger partial charge >= 0.3 is 5.97 Å². The average molecular weight is 226 g/mol. The van der Waals surface area contributed by atoms with E-state index >= 15 is 0 Å². The molecule has 2 atom stereocenters. The van der Waals surface area contributed by atoms with Gasteiger partial charge in [0.25, 0.3) is 0 Å². The van der Waals surface area contributed by atoms with Crippen LogP contribution in [0.1, 0.15) is 30.7 Å². The normalized spacial score (nSPS) is 19.8. The average Bonchev–Trinajstić information content (AvgIpc) is 2.87. The van der Waals surface area contributed by atoms with E-state index in [9.17, 15) is 4.79 Å². The molecular formula is C10H14N2O2S. The van der Waals surface area contributed by atoms with Crippen LogP contribution < -0.4 is 5.32 Å². The summed E-state index contributed by atoms with van der Waals surface area (Å²) in [5.41, 5.74) is 1.76. The number of hydrogen-bond donors (Lipinski definition) is 2. The first-order chi connectivity index (χ1) is 7.18. The first-order valence-electron chi connectivity index (χ1n) is 5.05. The summed E-state index contributed by atoms with van der Waals surface area (Å²) in [5.74, 6) is -0.424. The first-order valence-corrected chi connectivity index (χ1v) is 5.93. The van der Waals surface area contributed by atoms with Gasteiger partial charge in [-0.05, 0) is 25.7 Å². The largest absolute Gasteiger partial charge is 0.480 e. The molecule has 82 valence electrons. The van der Waals surface area contributed by atoms with E-state index in [1.165, 1.54) is 0 Å². The monoisotopic (exact) mass is 226 g/mol. The summed E-state index contributed by atoms with van der Waals surface area (Å²) < 4.78 is 0. The molecule has 0 spiro atoms. The summed E-state index contributed by atoms with van der Waals surface area (Å²) in [6.07, 6.45) is 3.84. The number of hydrogen-bond acceptors (Lipinski definition) is 4. The van der Waals surface area contributed by atoms with Gasteiger partial charge in [0.05, 0.1) is 5.51 Å². The minimum absolute atomic E-state index is 0.0687. The number of carboxylic acids is 1. The summed E-state index contributed by atoms with van der Waals surface area (Å²) >= 11 is 1.55. The predicted octanol–water partition coefficient (Wildman–Crippen LogP) is 1.66. The Morgan fingerprint density at radius 3 is 2.93 bits per heavy atom. The van der Waals surface area contributed by atoms with Gasteiger partial charge in [-0.15, -0.1) is 11.3 Å². The van der Waals surface area contributed by atoms with E-state index in [0.717, 1.165) is 17.7 Å². The third-order valence-electron chi connectivity index (χ3n) is 2.67. The van der Waals surface area contributed by atoms with Crippen LogP contribution >= 0.6 is 11.3 Å². The molecule has 4 nitrogen and oxygen atoms in total. The lowest BCUT2D eigenvalue weighted by molar-refractivity contribution is -0.140. The molecule has 2 rings (SSSR count). The summed E-state index contributed by atoms with van der Waals surface area (Å²) in [6, 6.07) is -0.332. The summed E-state index contributed by atoms with van der Waals surface area (Å²) in [5, 5.41) is 12.2. The van der Waals surface area contributed by atoms with Gasteiger partial charge in [-0.25, -0.2) is 0 Å². The quantitative estimate of drug-likeness (QED) is 0.801. The molecule has 1 heterocycles. The Morgan fingerprint density at radius 1 is 1.73 bits per heavy atom. The standard InChI is InChI=1S/C10H14N2O2S/c1-6(8-4-11-5-15-8)12-9(10(13)14)7-2-3-7/h4-7,9,12H,2-3H2,1H3,(H,13,14). The van der Waals surface area contributed by atoms with Crippen molar-refractivity contribution in [3.8, 4) is 0 Å². The molecule has 1 aromatic rings. The Morgan fingerprint density at radius 2 is 2.47 bits per heavy atom. The second-order valence-corrected chi connectivity index (χ2v) is 4.86. The van der Waals surface area contributed by atoms with Crippen molar-refractivity contribution in [2.75, 3.05) is 0 Å². The molecule has 5 heteroatoms. The van der Waals surface area contributed by atoms with Gasteiger partial charge in [0.15, 0.2) is 0 Å². The second kappa shape index (κ2) is 4.28. The fourth-order valence-corrected chi connectivity index (χ4v) is 2.27. The van der Waals surface area contributed by atoms with Crippen molar-refractivity contribution in [1.29, 1.82) is 0 Å². The highest BCUT2D eigenvalue weighted by atomic mass is 32.1. The topological polar surface area (TPSA) is 62.2 Å². The van der Waals surface area contributed by atoms with E-state index in [2.05, 4.69) is 10.3 Å². The van der Waals surface area contributed by atoms with Crippen molar-refractivity contribution in [2.45, 2.75) is 31.8 Å². The maximum absolute atomic E-state index is 11.0. The van der Waals surface area contributed by atoms with Crippen LogP contribution in [0.5, 0.6) is 0 Å². The fraction of sp³-hybridized carbons (Fsp3) is 0.600. The Labute approximate surface area is 92.3 Å². The highest BCUT2D eigenvalue weighted by molar-refractivity contribution is 7.09. The number of carboxylic acid groups (broad SMARTS) is 1. The number of aliphatic carboxylic acids is 1. The maximum Gasteiger partial charge on any atom is 0.321 e. The molecule has 2 N–H and O–H groups in total. The van der Waals surface area contributed by atoms with Gasteiger partial charge in [-0.1, -0.05) is 0 Å². The molecule has 1 saturated carbocycles. The Balaban J connectivity index is 1.97. The van der Waals surface area contributed by atoms with E-state index in [-0.39, 0.29) is 6.04 Å². The molecule has 1 fully saturated rings. The van der Waals surface area contributed by atoms with Crippen molar-refractivity contribution in [3.05, 3.63) is 16.6 Å².